The number of amides is 1. The van der Waals surface area contributed by atoms with Gasteiger partial charge in [-0.3, -0.25) is 9.20 Å². The van der Waals surface area contributed by atoms with Gasteiger partial charge in [0.05, 0.1) is 18.7 Å². The lowest BCUT2D eigenvalue weighted by Gasteiger charge is -2.08. The highest BCUT2D eigenvalue weighted by molar-refractivity contribution is 7.15. The Bertz CT molecular complexity index is 843. The summed E-state index contributed by atoms with van der Waals surface area (Å²) in [6, 6.07) is 6.86. The number of benzene rings is 1. The predicted molar refractivity (Wildman–Crippen MR) is 90.8 cm³/mol. The highest BCUT2D eigenvalue weighted by Crippen LogP contribution is 2.16. The number of alkyl halides is 3. The first-order valence-electron chi connectivity index (χ1n) is 7.79. The van der Waals surface area contributed by atoms with Gasteiger partial charge in [-0.1, -0.05) is 24.3 Å². The molecule has 26 heavy (non-hydrogen) atoms. The van der Waals surface area contributed by atoms with E-state index < -0.39 is 12.8 Å². The minimum Gasteiger partial charge on any atom is -0.367 e. The molecule has 2 heterocycles. The Balaban J connectivity index is 1.43. The first-order valence-corrected chi connectivity index (χ1v) is 8.67. The predicted octanol–water partition coefficient (Wildman–Crippen LogP) is 3.33. The lowest BCUT2D eigenvalue weighted by atomic mass is 10.1. The Morgan fingerprint density at radius 3 is 2.65 bits per heavy atom. The van der Waals surface area contributed by atoms with E-state index in [1.807, 2.05) is 22.2 Å². The maximum atomic E-state index is 12.0. The van der Waals surface area contributed by atoms with Crippen molar-refractivity contribution in [1.82, 2.24) is 14.7 Å². The molecule has 138 valence electrons. The molecule has 1 aromatic carbocycles. The van der Waals surface area contributed by atoms with Crippen molar-refractivity contribution in [1.29, 1.82) is 0 Å². The summed E-state index contributed by atoms with van der Waals surface area (Å²) in [5.74, 6) is -0.145. The third-order valence-corrected chi connectivity index (χ3v) is 4.30. The topological polar surface area (TPSA) is 55.6 Å². The monoisotopic (exact) mass is 383 g/mol. The van der Waals surface area contributed by atoms with Crippen molar-refractivity contribution in [3.8, 4) is 0 Å². The first-order chi connectivity index (χ1) is 12.4. The quantitative estimate of drug-likeness (QED) is 0.681. The van der Waals surface area contributed by atoms with E-state index in [1.54, 1.807) is 24.3 Å². The zero-order chi connectivity index (χ0) is 18.6. The molecular formula is C17H16F3N3O2S. The van der Waals surface area contributed by atoms with Crippen molar-refractivity contribution in [2.24, 2.45) is 0 Å². The molecule has 1 N–H and O–H groups in total. The van der Waals surface area contributed by atoms with E-state index in [-0.39, 0.29) is 18.9 Å². The van der Waals surface area contributed by atoms with Gasteiger partial charge in [-0.2, -0.15) is 13.2 Å². The second-order valence-electron chi connectivity index (χ2n) is 5.70. The average Bonchev–Trinajstić information content (AvgIpc) is 3.14. The van der Waals surface area contributed by atoms with Crippen molar-refractivity contribution in [2.75, 3.05) is 6.61 Å². The molecule has 0 aliphatic rings. The van der Waals surface area contributed by atoms with Gasteiger partial charge in [-0.15, -0.1) is 11.3 Å². The fourth-order valence-corrected chi connectivity index (χ4v) is 3.05. The molecule has 5 nitrogen and oxygen atoms in total. The van der Waals surface area contributed by atoms with E-state index in [0.29, 0.717) is 17.8 Å². The molecule has 3 aromatic rings. The van der Waals surface area contributed by atoms with Crippen LogP contribution in [0.3, 0.4) is 0 Å². The molecule has 0 saturated carbocycles. The molecule has 0 bridgehead atoms. The second kappa shape index (κ2) is 7.88. The lowest BCUT2D eigenvalue weighted by molar-refractivity contribution is -0.176. The van der Waals surface area contributed by atoms with Crippen molar-refractivity contribution < 1.29 is 22.7 Å². The van der Waals surface area contributed by atoms with Gasteiger partial charge in [0.1, 0.15) is 6.61 Å². The van der Waals surface area contributed by atoms with Crippen LogP contribution in [0.1, 0.15) is 16.8 Å². The Kier molecular flexibility index (Phi) is 5.58. The maximum absolute atomic E-state index is 12.0. The highest BCUT2D eigenvalue weighted by atomic mass is 32.1. The molecule has 0 aliphatic heterocycles. The fraction of sp³-hybridized carbons (Fsp3) is 0.294. The van der Waals surface area contributed by atoms with E-state index >= 15 is 0 Å². The van der Waals surface area contributed by atoms with Crippen LogP contribution in [-0.2, 0) is 29.1 Å². The van der Waals surface area contributed by atoms with Crippen LogP contribution >= 0.6 is 11.3 Å². The molecule has 0 spiro atoms. The summed E-state index contributed by atoms with van der Waals surface area (Å²) in [4.78, 5) is 17.2. The van der Waals surface area contributed by atoms with Crippen LogP contribution in [0.15, 0.2) is 42.0 Å². The number of carbonyl (C=O) groups excluding carboxylic acids is 1. The highest BCUT2D eigenvalue weighted by Gasteiger charge is 2.27. The summed E-state index contributed by atoms with van der Waals surface area (Å²) in [6.07, 6.45) is -0.429. The van der Waals surface area contributed by atoms with Gasteiger partial charge in [-0.05, 0) is 11.1 Å². The summed E-state index contributed by atoms with van der Waals surface area (Å²) in [6.45, 7) is -1.04. The van der Waals surface area contributed by atoms with Gasteiger partial charge in [0.25, 0.3) is 0 Å². The molecule has 0 fully saturated rings. The molecule has 1 amide bonds. The zero-order valence-electron chi connectivity index (χ0n) is 13.6. The van der Waals surface area contributed by atoms with Crippen molar-refractivity contribution >= 4 is 22.2 Å². The van der Waals surface area contributed by atoms with Gasteiger partial charge in [0.2, 0.25) is 5.91 Å². The molecule has 0 unspecified atom stereocenters. The Labute approximate surface area is 151 Å². The Morgan fingerprint density at radius 1 is 1.23 bits per heavy atom. The van der Waals surface area contributed by atoms with Gasteiger partial charge in [-0.25, -0.2) is 4.98 Å². The summed E-state index contributed by atoms with van der Waals surface area (Å²) < 4.78 is 42.6. The summed E-state index contributed by atoms with van der Waals surface area (Å²) in [7, 11) is 0. The van der Waals surface area contributed by atoms with Gasteiger partial charge < -0.3 is 10.1 Å². The Morgan fingerprint density at radius 2 is 1.96 bits per heavy atom. The molecule has 0 atom stereocenters. The molecule has 3 rings (SSSR count). The smallest absolute Gasteiger partial charge is 0.367 e. The average molecular weight is 383 g/mol. The molecule has 2 aromatic heterocycles. The number of nitrogens with one attached hydrogen (secondary N) is 1. The van der Waals surface area contributed by atoms with Crippen LogP contribution in [-0.4, -0.2) is 28.1 Å². The van der Waals surface area contributed by atoms with E-state index in [1.165, 1.54) is 11.3 Å². The first kappa shape index (κ1) is 18.4. The fourth-order valence-electron chi connectivity index (χ4n) is 2.33. The number of ether oxygens (including phenoxy) is 1. The van der Waals surface area contributed by atoms with Gasteiger partial charge >= 0.3 is 6.18 Å². The van der Waals surface area contributed by atoms with Gasteiger partial charge in [0, 0.05) is 24.3 Å². The molecule has 0 saturated heterocycles. The number of hydrogen-bond donors (Lipinski definition) is 1. The third kappa shape index (κ3) is 5.30. The van der Waals surface area contributed by atoms with Crippen molar-refractivity contribution in [2.45, 2.75) is 25.7 Å². The van der Waals surface area contributed by atoms with Crippen LogP contribution < -0.4 is 5.32 Å². The van der Waals surface area contributed by atoms with Gasteiger partial charge in [0.15, 0.2) is 4.96 Å². The van der Waals surface area contributed by atoms with Crippen molar-refractivity contribution in [3.63, 3.8) is 0 Å². The van der Waals surface area contributed by atoms with E-state index in [4.69, 9.17) is 0 Å². The summed E-state index contributed by atoms with van der Waals surface area (Å²) in [5, 5.41) is 4.72. The zero-order valence-corrected chi connectivity index (χ0v) is 14.4. The number of nitrogens with zero attached hydrogens (tertiary/aromatic N) is 2. The molecule has 9 heteroatoms. The summed E-state index contributed by atoms with van der Waals surface area (Å²) in [5.41, 5.74) is 2.19. The number of halogens is 3. The third-order valence-electron chi connectivity index (χ3n) is 3.53. The molecule has 0 aliphatic carbocycles. The van der Waals surface area contributed by atoms with Crippen molar-refractivity contribution in [3.05, 3.63) is 58.9 Å². The summed E-state index contributed by atoms with van der Waals surface area (Å²) >= 11 is 1.50. The normalized spacial score (nSPS) is 11.8. The van der Waals surface area contributed by atoms with Crippen LogP contribution in [0.2, 0.25) is 0 Å². The Hall–Kier alpha value is -2.39. The number of thiazole rings is 1. The number of hydrogen-bond acceptors (Lipinski definition) is 4. The van der Waals surface area contributed by atoms with Crippen LogP contribution in [0.25, 0.3) is 4.96 Å². The van der Waals surface area contributed by atoms with E-state index in [2.05, 4.69) is 15.0 Å². The lowest BCUT2D eigenvalue weighted by Crippen LogP contribution is -2.24. The minimum atomic E-state index is -4.32. The SMILES string of the molecule is O=C(Cc1cn2ccsc2n1)NCc1ccc(COCC(F)(F)F)cc1. The number of rotatable bonds is 7. The number of imidazole rings is 1. The number of carbonyl (C=O) groups is 1. The molecular weight excluding hydrogens is 367 g/mol. The van der Waals surface area contributed by atoms with E-state index in [9.17, 15) is 18.0 Å². The van der Waals surface area contributed by atoms with Crippen LogP contribution in [0.4, 0.5) is 13.2 Å². The maximum Gasteiger partial charge on any atom is 0.411 e. The second-order valence-corrected chi connectivity index (χ2v) is 6.58. The van der Waals surface area contributed by atoms with Crippen LogP contribution in [0, 0.1) is 0 Å². The van der Waals surface area contributed by atoms with Crippen LogP contribution in [0.5, 0.6) is 0 Å². The minimum absolute atomic E-state index is 0.108. The number of aromatic nitrogens is 2. The number of fused-ring (bicyclic) bond motifs is 1. The molecule has 0 radical (unpaired) electrons. The van der Waals surface area contributed by atoms with E-state index in [0.717, 1.165) is 10.5 Å². The standard InChI is InChI=1S/C17H16F3N3O2S/c18-17(19,20)11-25-10-13-3-1-12(2-4-13)8-21-15(24)7-14-9-23-5-6-26-16(23)22-14/h1-6,9H,7-8,10-11H2,(H,21,24). The largest absolute Gasteiger partial charge is 0.411 e.